The van der Waals surface area contributed by atoms with Crippen molar-refractivity contribution in [1.29, 1.82) is 0 Å². The van der Waals surface area contributed by atoms with Crippen LogP contribution in [-0.4, -0.2) is 30.0 Å². The smallest absolute Gasteiger partial charge is 0.321 e. The van der Waals surface area contributed by atoms with Crippen molar-refractivity contribution in [2.45, 2.75) is 6.42 Å². The monoisotopic (exact) mass is 366 g/mol. The Balaban J connectivity index is 1.73. The second kappa shape index (κ2) is 8.73. The molecule has 0 aliphatic rings. The lowest BCUT2D eigenvalue weighted by atomic mass is 10.2. The first-order valence-corrected chi connectivity index (χ1v) is 8.11. The Kier molecular flexibility index (Phi) is 6.40. The number of thiophene rings is 1. The summed E-state index contributed by atoms with van der Waals surface area (Å²) >= 11 is 1.58. The molecular weight excluding hydrogens is 351 g/mol. The van der Waals surface area contributed by atoms with E-state index in [1.165, 1.54) is 6.07 Å². The van der Waals surface area contributed by atoms with E-state index in [2.05, 4.69) is 16.0 Å². The van der Waals surface area contributed by atoms with Crippen LogP contribution in [0.2, 0.25) is 0 Å². The van der Waals surface area contributed by atoms with Gasteiger partial charge in [0.25, 0.3) is 0 Å². The van der Waals surface area contributed by atoms with Crippen LogP contribution in [0, 0.1) is 15.9 Å². The second-order valence-electron chi connectivity index (χ2n) is 4.91. The van der Waals surface area contributed by atoms with E-state index in [-0.39, 0.29) is 12.2 Å². The van der Waals surface area contributed by atoms with E-state index >= 15 is 0 Å². The van der Waals surface area contributed by atoms with Gasteiger partial charge in [-0.05, 0) is 30.0 Å². The van der Waals surface area contributed by atoms with Gasteiger partial charge >= 0.3 is 11.7 Å². The Morgan fingerprint density at radius 2 is 2.08 bits per heavy atom. The highest BCUT2D eigenvalue weighted by atomic mass is 32.1. The number of rotatable bonds is 7. The maximum absolute atomic E-state index is 13.2. The third-order valence-corrected chi connectivity index (χ3v) is 4.02. The molecule has 0 fully saturated rings. The predicted octanol–water partition coefficient (Wildman–Crippen LogP) is 2.28. The van der Waals surface area contributed by atoms with Crippen molar-refractivity contribution in [3.8, 4) is 0 Å². The summed E-state index contributed by atoms with van der Waals surface area (Å²) in [6.45, 7) is 0.0956. The van der Waals surface area contributed by atoms with Gasteiger partial charge in [0.15, 0.2) is 0 Å². The Morgan fingerprint density at radius 3 is 2.76 bits per heavy atom. The number of benzene rings is 1. The number of halogens is 1. The largest absolute Gasteiger partial charge is 0.376 e. The highest BCUT2D eigenvalue weighted by molar-refractivity contribution is 7.09. The normalized spacial score (nSPS) is 10.1. The van der Waals surface area contributed by atoms with Crippen LogP contribution in [0.3, 0.4) is 0 Å². The predicted molar refractivity (Wildman–Crippen MR) is 91.1 cm³/mol. The minimum Gasteiger partial charge on any atom is -0.376 e. The lowest BCUT2D eigenvalue weighted by Crippen LogP contribution is -2.42. The molecule has 25 heavy (non-hydrogen) atoms. The lowest BCUT2D eigenvalue weighted by Gasteiger charge is -2.08. The molecule has 1 aromatic carbocycles. The summed E-state index contributed by atoms with van der Waals surface area (Å²) in [6, 6.07) is 6.39. The first-order valence-electron chi connectivity index (χ1n) is 7.23. The second-order valence-corrected chi connectivity index (χ2v) is 5.94. The number of anilines is 1. The molecule has 0 aliphatic carbocycles. The third-order valence-electron chi connectivity index (χ3n) is 3.09. The minimum absolute atomic E-state index is 0.196. The van der Waals surface area contributed by atoms with Crippen LogP contribution < -0.4 is 16.0 Å². The summed E-state index contributed by atoms with van der Waals surface area (Å²) in [6.07, 6.45) is 0.663. The average Bonchev–Trinajstić information content (AvgIpc) is 3.07. The topological polar surface area (TPSA) is 113 Å². The zero-order valence-electron chi connectivity index (χ0n) is 13.0. The zero-order valence-corrected chi connectivity index (χ0v) is 13.8. The first-order chi connectivity index (χ1) is 12.0. The Labute approximate surface area is 146 Å². The van der Waals surface area contributed by atoms with Crippen LogP contribution in [0.5, 0.6) is 0 Å². The molecule has 2 aromatic rings. The molecule has 0 saturated heterocycles. The number of imide groups is 1. The van der Waals surface area contributed by atoms with E-state index < -0.39 is 28.4 Å². The number of hydrogen-bond donors (Lipinski definition) is 3. The SMILES string of the molecule is O=C(CNc1ccc(F)c([N+](=O)[O-])c1)NC(=O)NCCc1cccs1. The molecule has 10 heteroatoms. The molecule has 0 aliphatic heterocycles. The summed E-state index contributed by atoms with van der Waals surface area (Å²) in [5.41, 5.74) is -0.502. The van der Waals surface area contributed by atoms with Crippen molar-refractivity contribution in [1.82, 2.24) is 10.6 Å². The number of nitro groups is 1. The number of nitrogens with zero attached hydrogens (tertiary/aromatic N) is 1. The van der Waals surface area contributed by atoms with Gasteiger partial charge in [-0.3, -0.25) is 20.2 Å². The van der Waals surface area contributed by atoms with Crippen LogP contribution >= 0.6 is 11.3 Å². The Bertz CT molecular complexity index is 767. The highest BCUT2D eigenvalue weighted by Crippen LogP contribution is 2.21. The molecule has 0 atom stereocenters. The van der Waals surface area contributed by atoms with Crippen molar-refractivity contribution < 1.29 is 18.9 Å². The number of carbonyl (C=O) groups excluding carboxylic acids is 2. The molecule has 1 aromatic heterocycles. The quantitative estimate of drug-likeness (QED) is 0.514. The molecule has 2 rings (SSSR count). The number of nitro benzene ring substituents is 1. The maximum atomic E-state index is 13.2. The molecule has 3 N–H and O–H groups in total. The number of hydrogen-bond acceptors (Lipinski definition) is 6. The summed E-state index contributed by atoms with van der Waals surface area (Å²) in [4.78, 5) is 34.1. The van der Waals surface area contributed by atoms with Crippen molar-refractivity contribution in [3.05, 3.63) is 56.5 Å². The summed E-state index contributed by atoms with van der Waals surface area (Å²) in [5.74, 6) is -1.59. The van der Waals surface area contributed by atoms with Gasteiger partial charge in [0.1, 0.15) is 0 Å². The van der Waals surface area contributed by atoms with Crippen LogP contribution in [-0.2, 0) is 11.2 Å². The minimum atomic E-state index is -0.967. The molecule has 8 nitrogen and oxygen atoms in total. The maximum Gasteiger partial charge on any atom is 0.321 e. The van der Waals surface area contributed by atoms with Gasteiger partial charge in [0, 0.05) is 23.2 Å². The average molecular weight is 366 g/mol. The fraction of sp³-hybridized carbons (Fsp3) is 0.200. The molecule has 0 saturated carbocycles. The van der Waals surface area contributed by atoms with Gasteiger partial charge in [-0.2, -0.15) is 4.39 Å². The molecule has 0 spiro atoms. The third kappa shape index (κ3) is 5.84. The Morgan fingerprint density at radius 1 is 1.28 bits per heavy atom. The first kappa shape index (κ1) is 18.3. The highest BCUT2D eigenvalue weighted by Gasteiger charge is 2.15. The number of nitrogens with one attached hydrogen (secondary N) is 3. The van der Waals surface area contributed by atoms with E-state index in [0.717, 1.165) is 17.0 Å². The van der Waals surface area contributed by atoms with E-state index in [1.807, 2.05) is 17.5 Å². The summed E-state index contributed by atoms with van der Waals surface area (Å²) in [7, 11) is 0. The molecule has 132 valence electrons. The zero-order chi connectivity index (χ0) is 18.2. The molecular formula is C15H15FN4O4S. The lowest BCUT2D eigenvalue weighted by molar-refractivity contribution is -0.387. The van der Waals surface area contributed by atoms with Crippen LogP contribution in [0.15, 0.2) is 35.7 Å². The summed E-state index contributed by atoms with van der Waals surface area (Å²) < 4.78 is 13.2. The summed E-state index contributed by atoms with van der Waals surface area (Å²) in [5, 5.41) is 19.8. The van der Waals surface area contributed by atoms with Crippen LogP contribution in [0.1, 0.15) is 4.88 Å². The van der Waals surface area contributed by atoms with Crippen LogP contribution in [0.4, 0.5) is 20.6 Å². The van der Waals surface area contributed by atoms with Gasteiger partial charge in [0.05, 0.1) is 11.5 Å². The van der Waals surface area contributed by atoms with Gasteiger partial charge in [0.2, 0.25) is 11.7 Å². The number of carbonyl (C=O) groups is 2. The number of amides is 3. The van der Waals surface area contributed by atoms with Crippen molar-refractivity contribution in [3.63, 3.8) is 0 Å². The van der Waals surface area contributed by atoms with E-state index in [9.17, 15) is 24.1 Å². The fourth-order valence-electron chi connectivity index (χ4n) is 1.91. The van der Waals surface area contributed by atoms with Crippen LogP contribution in [0.25, 0.3) is 0 Å². The molecule has 0 bridgehead atoms. The van der Waals surface area contributed by atoms with Crippen molar-refractivity contribution >= 4 is 34.6 Å². The van der Waals surface area contributed by atoms with Gasteiger partial charge in [-0.1, -0.05) is 6.07 Å². The number of urea groups is 1. The molecule has 3 amide bonds. The fourth-order valence-corrected chi connectivity index (χ4v) is 2.62. The van der Waals surface area contributed by atoms with E-state index in [1.54, 1.807) is 11.3 Å². The molecule has 1 heterocycles. The van der Waals surface area contributed by atoms with Gasteiger partial charge in [-0.25, -0.2) is 4.79 Å². The van der Waals surface area contributed by atoms with Crippen molar-refractivity contribution in [2.24, 2.45) is 0 Å². The van der Waals surface area contributed by atoms with Gasteiger partial charge < -0.3 is 10.6 Å². The van der Waals surface area contributed by atoms with E-state index in [0.29, 0.717) is 13.0 Å². The standard InChI is InChI=1S/C15H15FN4O4S/c16-12-4-3-10(8-13(12)20(23)24)18-9-14(21)19-15(22)17-6-5-11-2-1-7-25-11/h1-4,7-8,18H,5-6,9H2,(H2,17,19,21,22). The molecule has 0 radical (unpaired) electrons. The Hall–Kier alpha value is -3.01. The van der Waals surface area contributed by atoms with Gasteiger partial charge in [-0.15, -0.1) is 11.3 Å². The van der Waals surface area contributed by atoms with E-state index in [4.69, 9.17) is 0 Å². The molecule has 0 unspecified atom stereocenters. The van der Waals surface area contributed by atoms with Crippen molar-refractivity contribution in [2.75, 3.05) is 18.4 Å².